The third kappa shape index (κ3) is 2.62. The molecule has 4 nitrogen and oxygen atoms in total. The molecule has 1 aliphatic heterocycles. The van der Waals surface area contributed by atoms with Crippen molar-refractivity contribution < 1.29 is 9.53 Å². The fraction of sp³-hybridized carbons (Fsp3) is 0.235. The lowest BCUT2D eigenvalue weighted by Crippen LogP contribution is -2.19. The van der Waals surface area contributed by atoms with Crippen molar-refractivity contribution in [2.75, 3.05) is 5.32 Å². The van der Waals surface area contributed by atoms with Gasteiger partial charge >= 0.3 is 0 Å². The average molecular weight is 282 g/mol. The first-order valence-corrected chi connectivity index (χ1v) is 7.03. The largest absolute Gasteiger partial charge is 0.457 e. The van der Waals surface area contributed by atoms with Crippen molar-refractivity contribution in [1.82, 2.24) is 0 Å². The zero-order valence-corrected chi connectivity index (χ0v) is 12.1. The van der Waals surface area contributed by atoms with Crippen LogP contribution in [0.5, 0.6) is 11.5 Å². The van der Waals surface area contributed by atoms with Crippen molar-refractivity contribution >= 4 is 11.6 Å². The van der Waals surface area contributed by atoms with Gasteiger partial charge in [-0.1, -0.05) is 32.0 Å². The zero-order chi connectivity index (χ0) is 15.0. The summed E-state index contributed by atoms with van der Waals surface area (Å²) in [5.74, 6) is 1.74. The van der Waals surface area contributed by atoms with Crippen molar-refractivity contribution in [3.05, 3.63) is 53.6 Å². The molecule has 1 aliphatic rings. The molecule has 2 aromatic rings. The number of carbonyl (C=O) groups excluding carboxylic acids is 1. The highest BCUT2D eigenvalue weighted by Gasteiger charge is 2.27. The molecule has 0 spiro atoms. The maximum atomic E-state index is 11.5. The van der Waals surface area contributed by atoms with E-state index in [9.17, 15) is 4.79 Å². The summed E-state index contributed by atoms with van der Waals surface area (Å²) in [4.78, 5) is 11.5. The SMILES string of the molecule is CC(C)c1cccc(Oc2ccc3c(c2)NC(=O)C3N)c1. The van der Waals surface area contributed by atoms with Crippen LogP contribution in [0.25, 0.3) is 0 Å². The molecule has 0 saturated heterocycles. The van der Waals surface area contributed by atoms with Gasteiger partial charge in [0.1, 0.15) is 17.5 Å². The Bertz CT molecular complexity index is 695. The Morgan fingerprint density at radius 3 is 2.67 bits per heavy atom. The Morgan fingerprint density at radius 2 is 1.90 bits per heavy atom. The predicted molar refractivity (Wildman–Crippen MR) is 82.6 cm³/mol. The van der Waals surface area contributed by atoms with Crippen molar-refractivity contribution in [2.45, 2.75) is 25.8 Å². The number of ether oxygens (including phenoxy) is 1. The molecule has 0 saturated carbocycles. The van der Waals surface area contributed by atoms with Gasteiger partial charge in [0.2, 0.25) is 5.91 Å². The standard InChI is InChI=1S/C17H18N2O2/c1-10(2)11-4-3-5-12(8-11)21-13-6-7-14-15(9-13)19-17(20)16(14)18/h3-10,16H,18H2,1-2H3,(H,19,20). The van der Waals surface area contributed by atoms with Crippen LogP contribution in [0.3, 0.4) is 0 Å². The van der Waals surface area contributed by atoms with Crippen LogP contribution in [0.2, 0.25) is 0 Å². The highest BCUT2D eigenvalue weighted by atomic mass is 16.5. The summed E-state index contributed by atoms with van der Waals surface area (Å²) in [5, 5.41) is 2.76. The fourth-order valence-corrected chi connectivity index (χ4v) is 2.40. The van der Waals surface area contributed by atoms with E-state index in [0.29, 0.717) is 11.7 Å². The summed E-state index contributed by atoms with van der Waals surface area (Å²) >= 11 is 0. The lowest BCUT2D eigenvalue weighted by Gasteiger charge is -2.10. The van der Waals surface area contributed by atoms with Crippen molar-refractivity contribution in [3.63, 3.8) is 0 Å². The summed E-state index contributed by atoms with van der Waals surface area (Å²) in [6.07, 6.45) is 0. The summed E-state index contributed by atoms with van der Waals surface area (Å²) in [6, 6.07) is 12.9. The van der Waals surface area contributed by atoms with Crippen molar-refractivity contribution in [2.24, 2.45) is 5.73 Å². The zero-order valence-electron chi connectivity index (χ0n) is 12.1. The molecule has 108 valence electrons. The topological polar surface area (TPSA) is 64.3 Å². The number of hydrogen-bond acceptors (Lipinski definition) is 3. The van der Waals surface area contributed by atoms with Crippen LogP contribution in [0.1, 0.15) is 36.9 Å². The van der Waals surface area contributed by atoms with E-state index >= 15 is 0 Å². The maximum absolute atomic E-state index is 11.5. The second-order valence-electron chi connectivity index (χ2n) is 5.55. The number of amides is 1. The van der Waals surface area contributed by atoms with E-state index in [1.807, 2.05) is 36.4 Å². The summed E-state index contributed by atoms with van der Waals surface area (Å²) in [7, 11) is 0. The van der Waals surface area contributed by atoms with E-state index in [1.54, 1.807) is 0 Å². The van der Waals surface area contributed by atoms with Crippen LogP contribution in [0, 0.1) is 0 Å². The minimum absolute atomic E-state index is 0.177. The van der Waals surface area contributed by atoms with Gasteiger partial charge in [0, 0.05) is 17.3 Å². The number of nitrogens with two attached hydrogens (primary N) is 1. The summed E-state index contributed by atoms with van der Waals surface area (Å²) in [6.45, 7) is 4.29. The van der Waals surface area contributed by atoms with Crippen LogP contribution in [-0.2, 0) is 4.79 Å². The van der Waals surface area contributed by atoms with E-state index in [0.717, 1.165) is 17.0 Å². The van der Waals surface area contributed by atoms with Crippen molar-refractivity contribution in [3.8, 4) is 11.5 Å². The van der Waals surface area contributed by atoms with E-state index in [4.69, 9.17) is 10.5 Å². The van der Waals surface area contributed by atoms with Crippen LogP contribution in [0.4, 0.5) is 5.69 Å². The van der Waals surface area contributed by atoms with Crippen LogP contribution in [0.15, 0.2) is 42.5 Å². The van der Waals surface area contributed by atoms with E-state index < -0.39 is 6.04 Å². The molecule has 2 aromatic carbocycles. The van der Waals surface area contributed by atoms with E-state index in [-0.39, 0.29) is 5.91 Å². The smallest absolute Gasteiger partial charge is 0.245 e. The van der Waals surface area contributed by atoms with Crippen LogP contribution in [-0.4, -0.2) is 5.91 Å². The van der Waals surface area contributed by atoms with E-state index in [2.05, 4.69) is 25.2 Å². The molecule has 0 bridgehead atoms. The first kappa shape index (κ1) is 13.6. The molecule has 3 N–H and O–H groups in total. The average Bonchev–Trinajstić information content (AvgIpc) is 2.74. The van der Waals surface area contributed by atoms with Crippen LogP contribution < -0.4 is 15.8 Å². The normalized spacial score (nSPS) is 16.8. The highest BCUT2D eigenvalue weighted by molar-refractivity contribution is 6.02. The van der Waals surface area contributed by atoms with Gasteiger partial charge in [0.05, 0.1) is 0 Å². The molecule has 0 radical (unpaired) electrons. The first-order valence-electron chi connectivity index (χ1n) is 7.03. The number of hydrogen-bond donors (Lipinski definition) is 2. The van der Waals surface area contributed by atoms with Gasteiger partial charge in [-0.3, -0.25) is 4.79 Å². The molecule has 1 amide bonds. The van der Waals surface area contributed by atoms with Gasteiger partial charge in [-0.25, -0.2) is 0 Å². The Hall–Kier alpha value is -2.33. The second-order valence-corrected chi connectivity index (χ2v) is 5.55. The maximum Gasteiger partial charge on any atom is 0.245 e. The molecule has 21 heavy (non-hydrogen) atoms. The molecule has 1 unspecified atom stereocenters. The molecule has 0 aromatic heterocycles. The first-order chi connectivity index (χ1) is 10.0. The monoisotopic (exact) mass is 282 g/mol. The number of benzene rings is 2. The third-order valence-electron chi connectivity index (χ3n) is 3.66. The number of anilines is 1. The summed E-state index contributed by atoms with van der Waals surface area (Å²) in [5.41, 5.74) is 8.55. The number of fused-ring (bicyclic) bond motifs is 1. The van der Waals surface area contributed by atoms with Gasteiger partial charge in [0.25, 0.3) is 0 Å². The highest BCUT2D eigenvalue weighted by Crippen LogP contribution is 2.34. The quantitative estimate of drug-likeness (QED) is 0.904. The molecule has 0 fully saturated rings. The van der Waals surface area contributed by atoms with Gasteiger partial charge in [0.15, 0.2) is 0 Å². The lowest BCUT2D eigenvalue weighted by molar-refractivity contribution is -0.116. The van der Waals surface area contributed by atoms with Gasteiger partial charge < -0.3 is 15.8 Å². The molecule has 0 aliphatic carbocycles. The Morgan fingerprint density at radius 1 is 1.14 bits per heavy atom. The van der Waals surface area contributed by atoms with Crippen molar-refractivity contribution in [1.29, 1.82) is 0 Å². The Balaban J connectivity index is 1.85. The minimum atomic E-state index is -0.585. The fourth-order valence-electron chi connectivity index (χ4n) is 2.40. The predicted octanol–water partition coefficient (Wildman–Crippen LogP) is 3.55. The Kier molecular flexibility index (Phi) is 3.39. The minimum Gasteiger partial charge on any atom is -0.457 e. The molecular weight excluding hydrogens is 264 g/mol. The third-order valence-corrected chi connectivity index (χ3v) is 3.66. The number of carbonyl (C=O) groups is 1. The lowest BCUT2D eigenvalue weighted by atomic mass is 10.0. The molecule has 4 heteroatoms. The summed E-state index contributed by atoms with van der Waals surface area (Å²) < 4.78 is 5.87. The van der Waals surface area contributed by atoms with Gasteiger partial charge in [-0.2, -0.15) is 0 Å². The Labute approximate surface area is 123 Å². The number of rotatable bonds is 3. The second kappa shape index (κ2) is 5.22. The number of nitrogens with one attached hydrogen (secondary N) is 1. The molecule has 3 rings (SSSR count). The van der Waals surface area contributed by atoms with Crippen LogP contribution >= 0.6 is 0 Å². The van der Waals surface area contributed by atoms with Gasteiger partial charge in [-0.15, -0.1) is 0 Å². The van der Waals surface area contributed by atoms with E-state index in [1.165, 1.54) is 5.56 Å². The molecule has 1 atom stereocenters. The molecule has 1 heterocycles. The molecular formula is C17H18N2O2. The van der Waals surface area contributed by atoms with Gasteiger partial charge in [-0.05, 0) is 29.7 Å².